The summed E-state index contributed by atoms with van der Waals surface area (Å²) >= 11 is 6.17. The number of amides is 1. The van der Waals surface area contributed by atoms with Gasteiger partial charge in [-0.2, -0.15) is 0 Å². The SMILES string of the molecule is CC(NCc1ccc(-c2ccccc2Cl)o1)C(=O)NC(C)(C)C. The highest BCUT2D eigenvalue weighted by atomic mass is 35.5. The normalized spacial score (nSPS) is 12.9. The van der Waals surface area contributed by atoms with Gasteiger partial charge < -0.3 is 9.73 Å². The summed E-state index contributed by atoms with van der Waals surface area (Å²) in [4.78, 5) is 12.0. The number of halogens is 1. The highest BCUT2D eigenvalue weighted by Gasteiger charge is 2.19. The first-order valence-corrected chi connectivity index (χ1v) is 8.03. The fraction of sp³-hybridized carbons (Fsp3) is 0.389. The van der Waals surface area contributed by atoms with Crippen molar-refractivity contribution in [3.63, 3.8) is 0 Å². The minimum Gasteiger partial charge on any atom is -0.460 e. The molecule has 0 spiro atoms. The molecule has 0 aliphatic carbocycles. The number of rotatable bonds is 5. The molecule has 1 unspecified atom stereocenters. The smallest absolute Gasteiger partial charge is 0.237 e. The number of hydrogen-bond donors (Lipinski definition) is 2. The first-order chi connectivity index (χ1) is 10.8. The molecule has 2 rings (SSSR count). The summed E-state index contributed by atoms with van der Waals surface area (Å²) in [6.45, 7) is 8.18. The maximum absolute atomic E-state index is 12.0. The van der Waals surface area contributed by atoms with Crippen LogP contribution < -0.4 is 10.6 Å². The van der Waals surface area contributed by atoms with E-state index in [2.05, 4.69) is 10.6 Å². The van der Waals surface area contributed by atoms with Gasteiger partial charge in [0.25, 0.3) is 0 Å². The summed E-state index contributed by atoms with van der Waals surface area (Å²) in [7, 11) is 0. The van der Waals surface area contributed by atoms with Gasteiger partial charge in [-0.15, -0.1) is 0 Å². The molecule has 0 aliphatic heterocycles. The van der Waals surface area contributed by atoms with Crippen molar-refractivity contribution >= 4 is 17.5 Å². The van der Waals surface area contributed by atoms with E-state index in [1.807, 2.05) is 64.1 Å². The molecule has 124 valence electrons. The number of furan rings is 1. The Morgan fingerprint density at radius 3 is 2.57 bits per heavy atom. The molecule has 4 nitrogen and oxygen atoms in total. The summed E-state index contributed by atoms with van der Waals surface area (Å²) < 4.78 is 5.80. The average Bonchev–Trinajstić information content (AvgIpc) is 2.92. The van der Waals surface area contributed by atoms with Crippen molar-refractivity contribution in [1.82, 2.24) is 10.6 Å². The molecule has 0 aliphatic rings. The van der Waals surface area contributed by atoms with E-state index < -0.39 is 0 Å². The largest absolute Gasteiger partial charge is 0.460 e. The second kappa shape index (κ2) is 7.20. The zero-order valence-electron chi connectivity index (χ0n) is 13.9. The predicted molar refractivity (Wildman–Crippen MR) is 93.4 cm³/mol. The third-order valence-electron chi connectivity index (χ3n) is 3.27. The molecule has 23 heavy (non-hydrogen) atoms. The summed E-state index contributed by atoms with van der Waals surface area (Å²) in [5.41, 5.74) is 0.619. The molecule has 0 radical (unpaired) electrons. The summed E-state index contributed by atoms with van der Waals surface area (Å²) in [6.07, 6.45) is 0. The zero-order valence-corrected chi connectivity index (χ0v) is 14.7. The molecule has 1 heterocycles. The number of hydrogen-bond acceptors (Lipinski definition) is 3. The summed E-state index contributed by atoms with van der Waals surface area (Å²) in [5.74, 6) is 1.45. The van der Waals surface area contributed by atoms with E-state index in [1.165, 1.54) is 0 Å². The van der Waals surface area contributed by atoms with Gasteiger partial charge in [0, 0.05) is 11.1 Å². The quantitative estimate of drug-likeness (QED) is 0.869. The zero-order chi connectivity index (χ0) is 17.0. The number of benzene rings is 1. The van der Waals surface area contributed by atoms with Crippen LogP contribution >= 0.6 is 11.6 Å². The van der Waals surface area contributed by atoms with E-state index in [0.29, 0.717) is 11.6 Å². The van der Waals surface area contributed by atoms with Gasteiger partial charge >= 0.3 is 0 Å². The van der Waals surface area contributed by atoms with E-state index in [0.717, 1.165) is 17.1 Å². The second-order valence-electron chi connectivity index (χ2n) is 6.59. The Morgan fingerprint density at radius 1 is 1.22 bits per heavy atom. The van der Waals surface area contributed by atoms with Crippen LogP contribution in [0, 0.1) is 0 Å². The molecule has 0 saturated heterocycles. The van der Waals surface area contributed by atoms with E-state index in [9.17, 15) is 4.79 Å². The molecule has 1 aromatic carbocycles. The molecule has 1 aromatic heterocycles. The van der Waals surface area contributed by atoms with Crippen molar-refractivity contribution in [2.45, 2.75) is 45.8 Å². The number of nitrogens with one attached hydrogen (secondary N) is 2. The Bertz CT molecular complexity index is 674. The van der Waals surface area contributed by atoms with Crippen molar-refractivity contribution < 1.29 is 9.21 Å². The molecule has 2 aromatic rings. The Hall–Kier alpha value is -1.78. The Labute approximate surface area is 142 Å². The fourth-order valence-corrected chi connectivity index (χ4v) is 2.33. The minimum absolute atomic E-state index is 0.0321. The molecule has 1 atom stereocenters. The molecule has 5 heteroatoms. The van der Waals surface area contributed by atoms with Crippen LogP contribution in [0.3, 0.4) is 0 Å². The monoisotopic (exact) mass is 334 g/mol. The average molecular weight is 335 g/mol. The molecule has 0 bridgehead atoms. The van der Waals surface area contributed by atoms with Crippen molar-refractivity contribution in [3.8, 4) is 11.3 Å². The van der Waals surface area contributed by atoms with E-state index in [-0.39, 0.29) is 17.5 Å². The van der Waals surface area contributed by atoms with Gasteiger partial charge in [0.15, 0.2) is 0 Å². The fourth-order valence-electron chi connectivity index (χ4n) is 2.10. The van der Waals surface area contributed by atoms with Crippen molar-refractivity contribution in [3.05, 3.63) is 47.2 Å². The van der Waals surface area contributed by atoms with E-state index in [4.69, 9.17) is 16.0 Å². The van der Waals surface area contributed by atoms with Gasteiger partial charge in [-0.1, -0.05) is 23.7 Å². The van der Waals surface area contributed by atoms with Crippen LogP contribution in [0.2, 0.25) is 5.02 Å². The second-order valence-corrected chi connectivity index (χ2v) is 6.99. The van der Waals surface area contributed by atoms with E-state index >= 15 is 0 Å². The highest BCUT2D eigenvalue weighted by molar-refractivity contribution is 6.33. The van der Waals surface area contributed by atoms with Crippen LogP contribution in [0.25, 0.3) is 11.3 Å². The Kier molecular flexibility index (Phi) is 5.50. The lowest BCUT2D eigenvalue weighted by atomic mass is 10.1. The summed E-state index contributed by atoms with van der Waals surface area (Å²) in [6, 6.07) is 11.0. The van der Waals surface area contributed by atoms with Gasteiger partial charge in [-0.3, -0.25) is 10.1 Å². The maximum Gasteiger partial charge on any atom is 0.237 e. The van der Waals surface area contributed by atoms with Crippen molar-refractivity contribution in [2.24, 2.45) is 0 Å². The van der Waals surface area contributed by atoms with Crippen molar-refractivity contribution in [2.75, 3.05) is 0 Å². The van der Waals surface area contributed by atoms with Gasteiger partial charge in [-0.25, -0.2) is 0 Å². The lowest BCUT2D eigenvalue weighted by molar-refractivity contribution is -0.124. The molecule has 0 saturated carbocycles. The lowest BCUT2D eigenvalue weighted by Gasteiger charge is -2.23. The van der Waals surface area contributed by atoms with Crippen LogP contribution in [0.15, 0.2) is 40.8 Å². The third kappa shape index (κ3) is 5.12. The molecule has 0 fully saturated rings. The lowest BCUT2D eigenvalue weighted by Crippen LogP contribution is -2.49. The number of carbonyl (C=O) groups excluding carboxylic acids is 1. The first-order valence-electron chi connectivity index (χ1n) is 7.65. The summed E-state index contributed by atoms with van der Waals surface area (Å²) in [5, 5.41) is 6.76. The van der Waals surface area contributed by atoms with Gasteiger partial charge in [0.05, 0.1) is 17.6 Å². The molecule has 1 amide bonds. The Balaban J connectivity index is 1.95. The molecular weight excluding hydrogens is 312 g/mol. The van der Waals surface area contributed by atoms with Gasteiger partial charge in [0.2, 0.25) is 5.91 Å². The third-order valence-corrected chi connectivity index (χ3v) is 3.60. The van der Waals surface area contributed by atoms with Crippen LogP contribution in [0.1, 0.15) is 33.5 Å². The standard InChI is InChI=1S/C18H23ClN2O2/c1-12(17(22)21-18(2,3)4)20-11-13-9-10-16(23-13)14-7-5-6-8-15(14)19/h5-10,12,20H,11H2,1-4H3,(H,21,22). The molecule has 2 N–H and O–H groups in total. The predicted octanol–water partition coefficient (Wildman–Crippen LogP) is 3.99. The topological polar surface area (TPSA) is 54.3 Å². The maximum atomic E-state index is 12.0. The van der Waals surface area contributed by atoms with Crippen LogP contribution in [-0.4, -0.2) is 17.5 Å². The van der Waals surface area contributed by atoms with Gasteiger partial charge in [0.1, 0.15) is 11.5 Å². The van der Waals surface area contributed by atoms with Crippen molar-refractivity contribution in [1.29, 1.82) is 0 Å². The van der Waals surface area contributed by atoms with Crippen LogP contribution in [-0.2, 0) is 11.3 Å². The molecular formula is C18H23ClN2O2. The highest BCUT2D eigenvalue weighted by Crippen LogP contribution is 2.28. The van der Waals surface area contributed by atoms with E-state index in [1.54, 1.807) is 0 Å². The van der Waals surface area contributed by atoms with Crippen LogP contribution in [0.5, 0.6) is 0 Å². The van der Waals surface area contributed by atoms with Gasteiger partial charge in [-0.05, 0) is 52.0 Å². The number of carbonyl (C=O) groups is 1. The minimum atomic E-state index is -0.303. The first kappa shape index (κ1) is 17.6. The Morgan fingerprint density at radius 2 is 1.91 bits per heavy atom. The van der Waals surface area contributed by atoms with Crippen LogP contribution in [0.4, 0.5) is 0 Å².